The first kappa shape index (κ1) is 17.5. The molecule has 0 atom stereocenters. The van der Waals surface area contributed by atoms with Crippen molar-refractivity contribution in [2.75, 3.05) is 0 Å². The van der Waals surface area contributed by atoms with Crippen molar-refractivity contribution in [3.05, 3.63) is 57.8 Å². The summed E-state index contributed by atoms with van der Waals surface area (Å²) in [4.78, 5) is 28.5. The summed E-state index contributed by atoms with van der Waals surface area (Å²) in [5.41, 5.74) is -1.14. The molecule has 9 heteroatoms. The maximum absolute atomic E-state index is 12.6. The molecule has 0 aliphatic heterocycles. The third-order valence-corrected chi connectivity index (χ3v) is 3.07. The lowest BCUT2D eigenvalue weighted by Crippen LogP contribution is -2.18. The smallest absolute Gasteiger partial charge is 0.416 e. The number of hydrogen-bond acceptors (Lipinski definition) is 4. The van der Waals surface area contributed by atoms with Crippen LogP contribution >= 0.6 is 0 Å². The number of hydrogen-bond donors (Lipinski definition) is 2. The summed E-state index contributed by atoms with van der Waals surface area (Å²) in [6.45, 7) is -0.226. The van der Waals surface area contributed by atoms with Crippen molar-refractivity contribution in [1.82, 2.24) is 9.97 Å². The number of benzene rings is 1. The van der Waals surface area contributed by atoms with Gasteiger partial charge in [-0.05, 0) is 24.6 Å². The van der Waals surface area contributed by atoms with Crippen LogP contribution in [0.25, 0.3) is 0 Å². The lowest BCUT2D eigenvalue weighted by Gasteiger charge is -2.10. The van der Waals surface area contributed by atoms with Gasteiger partial charge in [-0.15, -0.1) is 0 Å². The highest BCUT2D eigenvalue weighted by Gasteiger charge is 2.30. The molecule has 2 rings (SSSR count). The number of carbonyl (C=O) groups is 1. The van der Waals surface area contributed by atoms with Gasteiger partial charge >= 0.3 is 12.1 Å². The number of carboxylic acid groups (broad SMARTS) is 1. The van der Waals surface area contributed by atoms with Crippen LogP contribution in [0.5, 0.6) is 5.75 Å². The average Bonchev–Trinajstić information content (AvgIpc) is 2.51. The first-order valence-corrected chi connectivity index (χ1v) is 6.84. The predicted octanol–water partition coefficient (Wildman–Crippen LogP) is 2.38. The standard InChI is InChI=1S/C15H13F3N2O4/c16-15(17,18)10-2-1-3-11(6-10)24-8-12-19-7-9(14(23)20-12)4-5-13(21)22/h1-3,6-7H,4-5,8H2,(H,21,22)(H,19,20,23). The van der Waals surface area contributed by atoms with Gasteiger partial charge in [0, 0.05) is 18.2 Å². The first-order chi connectivity index (χ1) is 11.3. The molecule has 6 nitrogen and oxygen atoms in total. The molecule has 2 N–H and O–H groups in total. The summed E-state index contributed by atoms with van der Waals surface area (Å²) < 4.78 is 43.0. The van der Waals surface area contributed by atoms with Gasteiger partial charge in [-0.3, -0.25) is 9.59 Å². The van der Waals surface area contributed by atoms with Crippen LogP contribution < -0.4 is 10.3 Å². The van der Waals surface area contributed by atoms with Gasteiger partial charge in [0.05, 0.1) is 5.56 Å². The minimum atomic E-state index is -4.47. The van der Waals surface area contributed by atoms with E-state index in [9.17, 15) is 22.8 Å². The van der Waals surface area contributed by atoms with E-state index in [1.54, 1.807) is 0 Å². The van der Waals surface area contributed by atoms with Crippen molar-refractivity contribution in [2.24, 2.45) is 0 Å². The Morgan fingerprint density at radius 2 is 2.08 bits per heavy atom. The quantitative estimate of drug-likeness (QED) is 0.841. The van der Waals surface area contributed by atoms with Gasteiger partial charge in [-0.1, -0.05) is 6.07 Å². The van der Waals surface area contributed by atoms with Crippen LogP contribution in [-0.4, -0.2) is 21.0 Å². The molecule has 0 saturated heterocycles. The van der Waals surface area contributed by atoms with Gasteiger partial charge < -0.3 is 14.8 Å². The molecule has 24 heavy (non-hydrogen) atoms. The number of aryl methyl sites for hydroxylation is 1. The highest BCUT2D eigenvalue weighted by molar-refractivity contribution is 5.67. The number of aromatic nitrogens is 2. The molecule has 0 aliphatic rings. The fraction of sp³-hybridized carbons (Fsp3) is 0.267. The number of halogens is 3. The third-order valence-electron chi connectivity index (χ3n) is 3.07. The van der Waals surface area contributed by atoms with E-state index >= 15 is 0 Å². The second-order valence-electron chi connectivity index (χ2n) is 4.89. The molecular formula is C15H13F3N2O4. The van der Waals surface area contributed by atoms with E-state index in [1.807, 2.05) is 0 Å². The number of nitrogens with one attached hydrogen (secondary N) is 1. The van der Waals surface area contributed by atoms with Gasteiger partial charge in [-0.25, -0.2) is 4.98 Å². The Bertz CT molecular complexity index is 787. The van der Waals surface area contributed by atoms with Crippen LogP contribution in [-0.2, 0) is 24.0 Å². The summed E-state index contributed by atoms with van der Waals surface area (Å²) in [7, 11) is 0. The molecule has 0 saturated carbocycles. The number of nitrogens with zero attached hydrogens (tertiary/aromatic N) is 1. The summed E-state index contributed by atoms with van der Waals surface area (Å²) in [5.74, 6) is -0.926. The Hall–Kier alpha value is -2.84. The molecule has 0 bridgehead atoms. The first-order valence-electron chi connectivity index (χ1n) is 6.84. The zero-order valence-corrected chi connectivity index (χ0v) is 12.3. The lowest BCUT2D eigenvalue weighted by molar-refractivity contribution is -0.138. The van der Waals surface area contributed by atoms with E-state index < -0.39 is 23.3 Å². The summed E-state index contributed by atoms with van der Waals surface area (Å²) in [5, 5.41) is 8.58. The Morgan fingerprint density at radius 1 is 1.33 bits per heavy atom. The maximum atomic E-state index is 12.6. The largest absolute Gasteiger partial charge is 0.486 e. The van der Waals surface area contributed by atoms with E-state index in [0.29, 0.717) is 0 Å². The molecule has 0 spiro atoms. The zero-order chi connectivity index (χ0) is 17.7. The number of alkyl halides is 3. The van der Waals surface area contributed by atoms with Crippen LogP contribution in [0.1, 0.15) is 23.4 Å². The molecule has 0 aliphatic carbocycles. The highest BCUT2D eigenvalue weighted by atomic mass is 19.4. The Kier molecular flexibility index (Phi) is 5.22. The SMILES string of the molecule is O=C(O)CCc1cnc(COc2cccc(C(F)(F)F)c2)[nH]c1=O. The second kappa shape index (κ2) is 7.16. The normalized spacial score (nSPS) is 11.3. The number of H-pyrrole nitrogens is 1. The minimum Gasteiger partial charge on any atom is -0.486 e. The van der Waals surface area contributed by atoms with E-state index in [-0.39, 0.29) is 36.6 Å². The maximum Gasteiger partial charge on any atom is 0.416 e. The number of carboxylic acids is 1. The van der Waals surface area contributed by atoms with Crippen molar-refractivity contribution in [2.45, 2.75) is 25.6 Å². The molecule has 1 aromatic carbocycles. The van der Waals surface area contributed by atoms with Crippen LogP contribution in [0.4, 0.5) is 13.2 Å². The second-order valence-corrected chi connectivity index (χ2v) is 4.89. The van der Waals surface area contributed by atoms with Crippen molar-refractivity contribution >= 4 is 5.97 Å². The van der Waals surface area contributed by atoms with Crippen LogP contribution in [0, 0.1) is 0 Å². The Morgan fingerprint density at radius 3 is 2.71 bits per heavy atom. The Labute approximate surface area is 133 Å². The molecule has 0 fully saturated rings. The summed E-state index contributed by atoms with van der Waals surface area (Å²) >= 11 is 0. The molecule has 0 amide bonds. The lowest BCUT2D eigenvalue weighted by atomic mass is 10.2. The number of aromatic amines is 1. The molecular weight excluding hydrogens is 329 g/mol. The molecule has 128 valence electrons. The Balaban J connectivity index is 2.03. The number of aliphatic carboxylic acids is 1. The minimum absolute atomic E-state index is 0.0116. The molecule has 0 radical (unpaired) electrons. The van der Waals surface area contributed by atoms with Gasteiger partial charge in [0.1, 0.15) is 18.2 Å². The van der Waals surface area contributed by atoms with Gasteiger partial charge in [0.25, 0.3) is 5.56 Å². The fourth-order valence-electron chi connectivity index (χ4n) is 1.87. The van der Waals surface area contributed by atoms with Gasteiger partial charge in [-0.2, -0.15) is 13.2 Å². The topological polar surface area (TPSA) is 92.3 Å². The van der Waals surface area contributed by atoms with E-state index in [0.717, 1.165) is 12.1 Å². The van der Waals surface area contributed by atoms with Crippen molar-refractivity contribution in [3.8, 4) is 5.75 Å². The molecule has 1 aromatic heterocycles. The van der Waals surface area contributed by atoms with Gasteiger partial charge in [0.15, 0.2) is 0 Å². The van der Waals surface area contributed by atoms with Crippen molar-refractivity contribution in [1.29, 1.82) is 0 Å². The highest BCUT2D eigenvalue weighted by Crippen LogP contribution is 2.31. The molecule has 2 aromatic rings. The van der Waals surface area contributed by atoms with E-state index in [1.165, 1.54) is 18.3 Å². The van der Waals surface area contributed by atoms with Crippen LogP contribution in [0.2, 0.25) is 0 Å². The van der Waals surface area contributed by atoms with Crippen LogP contribution in [0.3, 0.4) is 0 Å². The summed E-state index contributed by atoms with van der Waals surface area (Å²) in [6, 6.07) is 4.33. The number of rotatable bonds is 6. The average molecular weight is 342 g/mol. The van der Waals surface area contributed by atoms with E-state index in [2.05, 4.69) is 9.97 Å². The summed E-state index contributed by atoms with van der Waals surface area (Å²) in [6.07, 6.45) is -3.42. The van der Waals surface area contributed by atoms with Crippen molar-refractivity contribution < 1.29 is 27.8 Å². The third kappa shape index (κ3) is 4.83. The van der Waals surface area contributed by atoms with E-state index in [4.69, 9.17) is 9.84 Å². The fourth-order valence-corrected chi connectivity index (χ4v) is 1.87. The van der Waals surface area contributed by atoms with Crippen molar-refractivity contribution in [3.63, 3.8) is 0 Å². The predicted molar refractivity (Wildman–Crippen MR) is 76.6 cm³/mol. The van der Waals surface area contributed by atoms with Crippen LogP contribution in [0.15, 0.2) is 35.3 Å². The zero-order valence-electron chi connectivity index (χ0n) is 12.3. The monoisotopic (exact) mass is 342 g/mol. The molecule has 0 unspecified atom stereocenters. The number of ether oxygens (including phenoxy) is 1. The molecule has 1 heterocycles. The van der Waals surface area contributed by atoms with Gasteiger partial charge in [0.2, 0.25) is 0 Å².